The van der Waals surface area contributed by atoms with Gasteiger partial charge in [0, 0.05) is 4.90 Å². The number of hydrogen-bond donors (Lipinski definition) is 1. The van der Waals surface area contributed by atoms with E-state index in [1.807, 2.05) is 11.8 Å². The number of thioether (sulfide) groups is 1. The van der Waals surface area contributed by atoms with E-state index in [0.29, 0.717) is 5.92 Å². The molecule has 1 atom stereocenters. The van der Waals surface area contributed by atoms with Crippen molar-refractivity contribution in [2.75, 3.05) is 5.75 Å². The quantitative estimate of drug-likeness (QED) is 0.824. The van der Waals surface area contributed by atoms with Gasteiger partial charge in [-0.15, -0.1) is 11.8 Å². The van der Waals surface area contributed by atoms with Gasteiger partial charge in [-0.2, -0.15) is 15.4 Å². The molecule has 3 nitrogen and oxygen atoms in total. The van der Waals surface area contributed by atoms with Crippen molar-refractivity contribution in [3.8, 4) is 0 Å². The summed E-state index contributed by atoms with van der Waals surface area (Å²) in [4.78, 5) is 1.34. The standard InChI is InChI=1S/C13H17N3S/c1-3-17-13-6-4-11(5-7-13)10(2)8-12-9-14-16-15-12/h4-7,9-10H,3,8H2,1-2H3,(H,14,15,16). The third-order valence-corrected chi connectivity index (χ3v) is 3.63. The topological polar surface area (TPSA) is 41.6 Å². The second-order valence-corrected chi connectivity index (χ2v) is 5.41. The Morgan fingerprint density at radius 2 is 2.06 bits per heavy atom. The van der Waals surface area contributed by atoms with Crippen LogP contribution in [-0.2, 0) is 6.42 Å². The van der Waals surface area contributed by atoms with Crippen LogP contribution in [0.5, 0.6) is 0 Å². The van der Waals surface area contributed by atoms with Crippen LogP contribution in [0, 0.1) is 0 Å². The molecule has 4 heteroatoms. The summed E-state index contributed by atoms with van der Waals surface area (Å²) in [5.41, 5.74) is 2.37. The van der Waals surface area contributed by atoms with E-state index >= 15 is 0 Å². The molecule has 0 amide bonds. The summed E-state index contributed by atoms with van der Waals surface area (Å²) in [5.74, 6) is 1.59. The molecule has 0 radical (unpaired) electrons. The zero-order chi connectivity index (χ0) is 12.1. The maximum Gasteiger partial charge on any atom is 0.0830 e. The van der Waals surface area contributed by atoms with Gasteiger partial charge in [0.25, 0.3) is 0 Å². The minimum atomic E-state index is 0.473. The highest BCUT2D eigenvalue weighted by Crippen LogP contribution is 2.23. The summed E-state index contributed by atoms with van der Waals surface area (Å²) >= 11 is 1.87. The molecule has 0 aliphatic heterocycles. The van der Waals surface area contributed by atoms with Gasteiger partial charge in [0.05, 0.1) is 11.9 Å². The number of nitrogens with zero attached hydrogens (tertiary/aromatic N) is 2. The Labute approximate surface area is 106 Å². The lowest BCUT2D eigenvalue weighted by atomic mass is 9.97. The molecule has 0 saturated heterocycles. The van der Waals surface area contributed by atoms with Crippen molar-refractivity contribution < 1.29 is 0 Å². The summed E-state index contributed by atoms with van der Waals surface area (Å²) in [6, 6.07) is 8.82. The van der Waals surface area contributed by atoms with Gasteiger partial charge in [-0.1, -0.05) is 26.0 Å². The number of H-pyrrole nitrogens is 1. The number of rotatable bonds is 5. The van der Waals surface area contributed by atoms with Crippen LogP contribution >= 0.6 is 11.8 Å². The molecular weight excluding hydrogens is 230 g/mol. The highest BCUT2D eigenvalue weighted by molar-refractivity contribution is 7.99. The minimum Gasteiger partial charge on any atom is -0.198 e. The van der Waals surface area contributed by atoms with Gasteiger partial charge in [0.1, 0.15) is 0 Å². The largest absolute Gasteiger partial charge is 0.198 e. The molecule has 0 saturated carbocycles. The van der Waals surface area contributed by atoms with Crippen LogP contribution in [0.1, 0.15) is 31.0 Å². The fourth-order valence-corrected chi connectivity index (χ4v) is 2.48. The van der Waals surface area contributed by atoms with E-state index in [1.165, 1.54) is 10.5 Å². The lowest BCUT2D eigenvalue weighted by Crippen LogP contribution is -1.98. The van der Waals surface area contributed by atoms with Crippen LogP contribution in [-0.4, -0.2) is 21.2 Å². The molecular formula is C13H17N3S. The molecule has 0 aliphatic carbocycles. The van der Waals surface area contributed by atoms with Gasteiger partial charge in [-0.25, -0.2) is 0 Å². The predicted octanol–water partition coefficient (Wildman–Crippen LogP) is 3.26. The second kappa shape index (κ2) is 5.87. The maximum atomic E-state index is 4.09. The Bertz CT molecular complexity index is 436. The highest BCUT2D eigenvalue weighted by Gasteiger charge is 2.08. The molecule has 1 aromatic carbocycles. The Hall–Kier alpha value is -1.29. The summed E-state index contributed by atoms with van der Waals surface area (Å²) in [6.07, 6.45) is 2.72. The van der Waals surface area contributed by atoms with Crippen molar-refractivity contribution in [2.45, 2.75) is 31.1 Å². The molecule has 1 heterocycles. The Morgan fingerprint density at radius 3 is 2.65 bits per heavy atom. The summed E-state index contributed by atoms with van der Waals surface area (Å²) in [7, 11) is 0. The zero-order valence-electron chi connectivity index (χ0n) is 10.2. The monoisotopic (exact) mass is 247 g/mol. The minimum absolute atomic E-state index is 0.473. The van der Waals surface area contributed by atoms with Crippen molar-refractivity contribution >= 4 is 11.8 Å². The van der Waals surface area contributed by atoms with E-state index in [4.69, 9.17) is 0 Å². The van der Waals surface area contributed by atoms with Crippen LogP contribution in [0.2, 0.25) is 0 Å². The van der Waals surface area contributed by atoms with E-state index in [0.717, 1.165) is 17.9 Å². The molecule has 0 fully saturated rings. The molecule has 2 aromatic rings. The van der Waals surface area contributed by atoms with Crippen LogP contribution in [0.4, 0.5) is 0 Å². The first-order valence-corrected chi connectivity index (χ1v) is 6.85. The Balaban J connectivity index is 2.01. The first kappa shape index (κ1) is 12.2. The van der Waals surface area contributed by atoms with Crippen molar-refractivity contribution in [1.82, 2.24) is 15.4 Å². The third kappa shape index (κ3) is 3.33. The second-order valence-electron chi connectivity index (χ2n) is 4.07. The summed E-state index contributed by atoms with van der Waals surface area (Å²) in [6.45, 7) is 4.39. The van der Waals surface area contributed by atoms with Gasteiger partial charge in [-0.05, 0) is 35.8 Å². The zero-order valence-corrected chi connectivity index (χ0v) is 11.0. The predicted molar refractivity (Wildman–Crippen MR) is 71.3 cm³/mol. The van der Waals surface area contributed by atoms with Gasteiger partial charge in [0.2, 0.25) is 0 Å². The number of aromatic nitrogens is 3. The normalized spacial score (nSPS) is 12.6. The highest BCUT2D eigenvalue weighted by atomic mass is 32.2. The summed E-state index contributed by atoms with van der Waals surface area (Å²) < 4.78 is 0. The van der Waals surface area contributed by atoms with Crippen molar-refractivity contribution in [3.63, 3.8) is 0 Å². The van der Waals surface area contributed by atoms with Crippen LogP contribution in [0.3, 0.4) is 0 Å². The average molecular weight is 247 g/mol. The van der Waals surface area contributed by atoms with Crippen molar-refractivity contribution in [2.24, 2.45) is 0 Å². The number of benzene rings is 1. The van der Waals surface area contributed by atoms with E-state index in [-0.39, 0.29) is 0 Å². The Morgan fingerprint density at radius 1 is 1.29 bits per heavy atom. The third-order valence-electron chi connectivity index (χ3n) is 2.74. The van der Waals surface area contributed by atoms with E-state index in [9.17, 15) is 0 Å². The molecule has 1 unspecified atom stereocenters. The van der Waals surface area contributed by atoms with Crippen LogP contribution in [0.15, 0.2) is 35.4 Å². The van der Waals surface area contributed by atoms with Gasteiger partial charge >= 0.3 is 0 Å². The molecule has 1 N–H and O–H groups in total. The lowest BCUT2D eigenvalue weighted by Gasteiger charge is -2.10. The summed E-state index contributed by atoms with van der Waals surface area (Å²) in [5, 5.41) is 10.6. The van der Waals surface area contributed by atoms with Crippen LogP contribution in [0.25, 0.3) is 0 Å². The lowest BCUT2D eigenvalue weighted by molar-refractivity contribution is 0.735. The fourth-order valence-electron chi connectivity index (χ4n) is 1.81. The maximum absolute atomic E-state index is 4.09. The van der Waals surface area contributed by atoms with E-state index in [1.54, 1.807) is 6.20 Å². The van der Waals surface area contributed by atoms with Gasteiger partial charge < -0.3 is 0 Å². The molecule has 90 valence electrons. The van der Waals surface area contributed by atoms with E-state index < -0.39 is 0 Å². The molecule has 2 rings (SSSR count). The molecule has 0 bridgehead atoms. The average Bonchev–Trinajstić information content (AvgIpc) is 2.83. The van der Waals surface area contributed by atoms with Gasteiger partial charge in [0.15, 0.2) is 0 Å². The fraction of sp³-hybridized carbons (Fsp3) is 0.385. The SMILES string of the molecule is CCSc1ccc(C(C)Cc2cn[nH]n2)cc1. The molecule has 17 heavy (non-hydrogen) atoms. The number of nitrogens with one attached hydrogen (secondary N) is 1. The van der Waals surface area contributed by atoms with Gasteiger partial charge in [-0.3, -0.25) is 0 Å². The van der Waals surface area contributed by atoms with E-state index in [2.05, 4.69) is 53.5 Å². The molecule has 1 aromatic heterocycles. The number of hydrogen-bond acceptors (Lipinski definition) is 3. The van der Waals surface area contributed by atoms with Crippen LogP contribution < -0.4 is 0 Å². The van der Waals surface area contributed by atoms with Crippen molar-refractivity contribution in [3.05, 3.63) is 41.7 Å². The first-order chi connectivity index (χ1) is 8.29. The first-order valence-electron chi connectivity index (χ1n) is 5.87. The number of aromatic amines is 1. The molecule has 0 aliphatic rings. The van der Waals surface area contributed by atoms with Crippen molar-refractivity contribution in [1.29, 1.82) is 0 Å². The molecule has 0 spiro atoms. The smallest absolute Gasteiger partial charge is 0.0830 e. The Kier molecular flexibility index (Phi) is 4.20.